The highest BCUT2D eigenvalue weighted by Crippen LogP contribution is 2.30. The van der Waals surface area contributed by atoms with Crippen LogP contribution in [0.3, 0.4) is 0 Å². The number of ether oxygens (including phenoxy) is 1. The van der Waals surface area contributed by atoms with E-state index in [0.717, 1.165) is 3.79 Å². The number of sulfonamides is 1. The summed E-state index contributed by atoms with van der Waals surface area (Å²) in [5.74, 6) is 0. The molecule has 1 saturated heterocycles. The summed E-state index contributed by atoms with van der Waals surface area (Å²) in [5, 5.41) is 2.72. The van der Waals surface area contributed by atoms with Gasteiger partial charge in [0.05, 0.1) is 3.79 Å². The first-order valence-electron chi connectivity index (χ1n) is 6.83. The number of amides is 1. The molecule has 1 aromatic rings. The van der Waals surface area contributed by atoms with Gasteiger partial charge in [0.15, 0.2) is 0 Å². The fourth-order valence-electron chi connectivity index (χ4n) is 2.10. The molecule has 0 radical (unpaired) electrons. The number of hydrogen-bond acceptors (Lipinski definition) is 5. The minimum atomic E-state index is -3.49. The molecule has 1 aliphatic heterocycles. The summed E-state index contributed by atoms with van der Waals surface area (Å²) in [7, 11) is -3.49. The molecule has 0 bridgehead atoms. The molecular formula is C13H19BrN2O4S2. The molecule has 1 aliphatic rings. The van der Waals surface area contributed by atoms with Crippen LogP contribution in [0.5, 0.6) is 0 Å². The number of nitrogens with zero attached hydrogens (tertiary/aromatic N) is 1. The van der Waals surface area contributed by atoms with Gasteiger partial charge in [-0.25, -0.2) is 13.2 Å². The molecule has 0 aromatic carbocycles. The van der Waals surface area contributed by atoms with E-state index < -0.39 is 21.7 Å². The lowest BCUT2D eigenvalue weighted by Crippen LogP contribution is -2.41. The van der Waals surface area contributed by atoms with Crippen molar-refractivity contribution in [1.29, 1.82) is 0 Å². The van der Waals surface area contributed by atoms with E-state index in [2.05, 4.69) is 21.2 Å². The zero-order chi connectivity index (χ0) is 16.5. The zero-order valence-electron chi connectivity index (χ0n) is 12.6. The maximum atomic E-state index is 12.5. The van der Waals surface area contributed by atoms with E-state index in [1.807, 2.05) is 0 Å². The van der Waals surface area contributed by atoms with Gasteiger partial charge in [0, 0.05) is 19.1 Å². The Morgan fingerprint density at radius 2 is 2.14 bits per heavy atom. The first-order valence-corrected chi connectivity index (χ1v) is 9.88. The minimum Gasteiger partial charge on any atom is -0.444 e. The number of carbonyl (C=O) groups excluding carboxylic acids is 1. The van der Waals surface area contributed by atoms with Gasteiger partial charge in [0.1, 0.15) is 9.81 Å². The number of hydrogen-bond donors (Lipinski definition) is 1. The summed E-state index contributed by atoms with van der Waals surface area (Å²) in [6, 6.07) is 3.07. The van der Waals surface area contributed by atoms with Crippen molar-refractivity contribution in [3.05, 3.63) is 15.9 Å². The normalized spacial score (nSPS) is 20.1. The molecule has 0 aliphatic carbocycles. The molecule has 2 rings (SSSR count). The largest absolute Gasteiger partial charge is 0.444 e. The third-order valence-corrected chi connectivity index (χ3v) is 6.97. The van der Waals surface area contributed by atoms with Crippen LogP contribution in [0.25, 0.3) is 0 Å². The predicted molar refractivity (Wildman–Crippen MR) is 88.6 cm³/mol. The van der Waals surface area contributed by atoms with Gasteiger partial charge in [0.25, 0.3) is 10.0 Å². The number of halogens is 1. The predicted octanol–water partition coefficient (Wildman–Crippen LogP) is 2.80. The van der Waals surface area contributed by atoms with Gasteiger partial charge in [-0.2, -0.15) is 4.31 Å². The minimum absolute atomic E-state index is 0.229. The Morgan fingerprint density at radius 3 is 2.68 bits per heavy atom. The summed E-state index contributed by atoms with van der Waals surface area (Å²) < 4.78 is 32.6. The van der Waals surface area contributed by atoms with E-state index in [1.54, 1.807) is 32.9 Å². The summed E-state index contributed by atoms with van der Waals surface area (Å²) in [6.45, 7) is 6.00. The molecule has 9 heteroatoms. The Hall–Kier alpha value is -0.640. The summed E-state index contributed by atoms with van der Waals surface area (Å²) >= 11 is 4.45. The summed E-state index contributed by atoms with van der Waals surface area (Å²) in [4.78, 5) is 11.7. The van der Waals surface area contributed by atoms with Gasteiger partial charge in [0.2, 0.25) is 0 Å². The molecule has 0 saturated carbocycles. The molecule has 1 atom stereocenters. The second kappa shape index (κ2) is 6.46. The molecule has 124 valence electrons. The highest BCUT2D eigenvalue weighted by Gasteiger charge is 2.34. The third-order valence-electron chi connectivity index (χ3n) is 3.01. The van der Waals surface area contributed by atoms with Crippen molar-refractivity contribution in [3.63, 3.8) is 0 Å². The maximum absolute atomic E-state index is 12.5. The lowest BCUT2D eigenvalue weighted by atomic mass is 10.2. The van der Waals surface area contributed by atoms with Crippen molar-refractivity contribution in [2.24, 2.45) is 0 Å². The maximum Gasteiger partial charge on any atom is 0.407 e. The molecule has 2 heterocycles. The van der Waals surface area contributed by atoms with Gasteiger partial charge in [-0.3, -0.25) is 0 Å². The summed E-state index contributed by atoms with van der Waals surface area (Å²) in [6.07, 6.45) is 0.0565. The van der Waals surface area contributed by atoms with Gasteiger partial charge < -0.3 is 10.1 Å². The Kier molecular flexibility index (Phi) is 5.20. The fourth-order valence-corrected chi connectivity index (χ4v) is 5.77. The quantitative estimate of drug-likeness (QED) is 0.830. The number of alkyl carbamates (subject to hydrolysis) is 1. The second-order valence-electron chi connectivity index (χ2n) is 6.05. The topological polar surface area (TPSA) is 75.7 Å². The smallest absolute Gasteiger partial charge is 0.407 e. The highest BCUT2D eigenvalue weighted by molar-refractivity contribution is 9.11. The van der Waals surface area contributed by atoms with E-state index in [4.69, 9.17) is 4.74 Å². The van der Waals surface area contributed by atoms with Crippen molar-refractivity contribution >= 4 is 43.4 Å². The molecule has 0 spiro atoms. The van der Waals surface area contributed by atoms with Crippen molar-refractivity contribution in [3.8, 4) is 0 Å². The van der Waals surface area contributed by atoms with Crippen LogP contribution in [0.15, 0.2) is 20.1 Å². The van der Waals surface area contributed by atoms with Gasteiger partial charge in [-0.15, -0.1) is 11.3 Å². The monoisotopic (exact) mass is 410 g/mol. The second-order valence-corrected chi connectivity index (χ2v) is 10.7. The van der Waals surface area contributed by atoms with Crippen molar-refractivity contribution in [2.75, 3.05) is 13.1 Å². The van der Waals surface area contributed by atoms with E-state index in [-0.39, 0.29) is 12.6 Å². The average Bonchev–Trinajstić information content (AvgIpc) is 2.96. The van der Waals surface area contributed by atoms with Crippen molar-refractivity contribution in [2.45, 2.75) is 43.0 Å². The van der Waals surface area contributed by atoms with Crippen LogP contribution in [0.4, 0.5) is 4.79 Å². The van der Waals surface area contributed by atoms with Crippen LogP contribution in [0, 0.1) is 0 Å². The van der Waals surface area contributed by atoms with Crippen molar-refractivity contribution < 1.29 is 17.9 Å². The molecule has 1 N–H and O–H groups in total. The van der Waals surface area contributed by atoms with E-state index in [9.17, 15) is 13.2 Å². The number of rotatable bonds is 3. The molecule has 1 fully saturated rings. The average molecular weight is 411 g/mol. The van der Waals surface area contributed by atoms with Crippen LogP contribution in [0.2, 0.25) is 0 Å². The Morgan fingerprint density at radius 1 is 1.45 bits per heavy atom. The highest BCUT2D eigenvalue weighted by atomic mass is 79.9. The SMILES string of the molecule is CC(C)(C)OC(=O)NC1CCN(S(=O)(=O)c2ccc(Br)s2)C1. The van der Waals surface area contributed by atoms with Crippen LogP contribution in [-0.4, -0.2) is 43.5 Å². The molecular weight excluding hydrogens is 392 g/mol. The number of thiophene rings is 1. The van der Waals surface area contributed by atoms with E-state index >= 15 is 0 Å². The number of nitrogens with one attached hydrogen (secondary N) is 1. The standard InChI is InChI=1S/C13H19BrN2O4S2/c1-13(2,3)20-12(17)15-9-6-7-16(8-9)22(18,19)11-5-4-10(14)21-11/h4-5,9H,6-8H2,1-3H3,(H,15,17). The number of carbonyl (C=O) groups is 1. The van der Waals surface area contributed by atoms with Gasteiger partial charge in [-0.1, -0.05) is 0 Å². The van der Waals surface area contributed by atoms with E-state index in [0.29, 0.717) is 17.2 Å². The molecule has 1 amide bonds. The van der Waals surface area contributed by atoms with Crippen molar-refractivity contribution in [1.82, 2.24) is 9.62 Å². The van der Waals surface area contributed by atoms with Crippen LogP contribution >= 0.6 is 27.3 Å². The Balaban J connectivity index is 1.97. The van der Waals surface area contributed by atoms with Crippen LogP contribution < -0.4 is 5.32 Å². The molecule has 22 heavy (non-hydrogen) atoms. The van der Waals surface area contributed by atoms with Crippen LogP contribution in [0.1, 0.15) is 27.2 Å². The lowest BCUT2D eigenvalue weighted by Gasteiger charge is -2.22. The molecule has 6 nitrogen and oxygen atoms in total. The molecule has 1 unspecified atom stereocenters. The molecule has 1 aromatic heterocycles. The zero-order valence-corrected chi connectivity index (χ0v) is 15.8. The fraction of sp³-hybridized carbons (Fsp3) is 0.615. The van der Waals surface area contributed by atoms with Gasteiger partial charge in [-0.05, 0) is 55.3 Å². The summed E-state index contributed by atoms with van der Waals surface area (Å²) in [5.41, 5.74) is -0.572. The first-order chi connectivity index (χ1) is 10.1. The Bertz CT molecular complexity index is 651. The third kappa shape index (κ3) is 4.43. The van der Waals surface area contributed by atoms with Gasteiger partial charge >= 0.3 is 6.09 Å². The Labute approximate surface area is 143 Å². The van der Waals surface area contributed by atoms with E-state index in [1.165, 1.54) is 15.6 Å². The van der Waals surface area contributed by atoms with Crippen LogP contribution in [-0.2, 0) is 14.8 Å². The first kappa shape index (κ1) is 17.7. The lowest BCUT2D eigenvalue weighted by molar-refractivity contribution is 0.0507.